The predicted octanol–water partition coefficient (Wildman–Crippen LogP) is 3.90. The maximum atomic E-state index is 12.8. The van der Waals surface area contributed by atoms with Crippen LogP contribution >= 0.6 is 11.8 Å². The molecule has 1 aromatic heterocycles. The standard InChI is InChI=1S/C20H17N3O6S/c1-3-29-20(25)17-18(30-15-7-5-4-6-8-15)16(19(24)28-2)21-22(17)13-9-11-14(12-10-13)23(26)27/h4-12H,3H2,1-2H3. The third-order valence-corrected chi connectivity index (χ3v) is 5.06. The van der Waals surface area contributed by atoms with E-state index in [1.165, 1.54) is 47.8 Å². The normalized spacial score (nSPS) is 10.5. The van der Waals surface area contributed by atoms with E-state index in [0.717, 1.165) is 4.90 Å². The number of aromatic nitrogens is 2. The van der Waals surface area contributed by atoms with Crippen LogP contribution in [-0.2, 0) is 9.47 Å². The average Bonchev–Trinajstić information content (AvgIpc) is 3.13. The second-order valence-electron chi connectivity index (χ2n) is 5.84. The topological polar surface area (TPSA) is 114 Å². The Bertz CT molecular complexity index is 1080. The molecule has 0 atom stereocenters. The van der Waals surface area contributed by atoms with Gasteiger partial charge in [-0.1, -0.05) is 30.0 Å². The highest BCUT2D eigenvalue weighted by Gasteiger charge is 2.30. The van der Waals surface area contributed by atoms with Gasteiger partial charge in [0.1, 0.15) is 0 Å². The summed E-state index contributed by atoms with van der Waals surface area (Å²) in [7, 11) is 1.22. The van der Waals surface area contributed by atoms with Gasteiger partial charge < -0.3 is 9.47 Å². The van der Waals surface area contributed by atoms with E-state index in [-0.39, 0.29) is 28.6 Å². The van der Waals surface area contributed by atoms with E-state index in [1.54, 1.807) is 6.92 Å². The van der Waals surface area contributed by atoms with Gasteiger partial charge in [-0.15, -0.1) is 0 Å². The Kier molecular flexibility index (Phi) is 6.48. The Labute approximate surface area is 175 Å². The quantitative estimate of drug-likeness (QED) is 0.317. The second-order valence-corrected chi connectivity index (χ2v) is 6.92. The van der Waals surface area contributed by atoms with E-state index < -0.39 is 16.9 Å². The van der Waals surface area contributed by atoms with Crippen LogP contribution in [-0.4, -0.2) is 40.4 Å². The summed E-state index contributed by atoms with van der Waals surface area (Å²) in [5.41, 5.74) is 0.206. The van der Waals surface area contributed by atoms with Crippen molar-refractivity contribution >= 4 is 29.4 Å². The fourth-order valence-electron chi connectivity index (χ4n) is 2.62. The van der Waals surface area contributed by atoms with Crippen LogP contribution in [0.25, 0.3) is 5.69 Å². The number of non-ortho nitro benzene ring substituents is 1. The van der Waals surface area contributed by atoms with Crippen molar-refractivity contribution in [3.63, 3.8) is 0 Å². The number of carbonyl (C=O) groups excluding carboxylic acids is 2. The summed E-state index contributed by atoms with van der Waals surface area (Å²) in [5, 5.41) is 15.2. The SMILES string of the molecule is CCOC(=O)c1c(Sc2ccccc2)c(C(=O)OC)nn1-c1ccc([N+](=O)[O-])cc1. The van der Waals surface area contributed by atoms with Crippen LogP contribution in [0.5, 0.6) is 0 Å². The molecule has 0 saturated heterocycles. The van der Waals surface area contributed by atoms with Crippen molar-refractivity contribution in [2.45, 2.75) is 16.7 Å². The molecule has 0 bridgehead atoms. The molecule has 1 heterocycles. The van der Waals surface area contributed by atoms with Gasteiger partial charge in [0, 0.05) is 17.0 Å². The number of hydrogen-bond donors (Lipinski definition) is 0. The van der Waals surface area contributed by atoms with Crippen molar-refractivity contribution in [3.8, 4) is 5.69 Å². The average molecular weight is 427 g/mol. The molecule has 0 aliphatic rings. The molecule has 0 unspecified atom stereocenters. The smallest absolute Gasteiger partial charge is 0.359 e. The van der Waals surface area contributed by atoms with Crippen LogP contribution in [0.15, 0.2) is 64.4 Å². The van der Waals surface area contributed by atoms with Gasteiger partial charge in [-0.2, -0.15) is 5.10 Å². The third-order valence-electron chi connectivity index (χ3n) is 3.96. The van der Waals surface area contributed by atoms with Crippen molar-refractivity contribution < 1.29 is 24.0 Å². The highest BCUT2D eigenvalue weighted by atomic mass is 32.2. The Morgan fingerprint density at radius 3 is 2.33 bits per heavy atom. The Balaban J connectivity index is 2.21. The highest BCUT2D eigenvalue weighted by molar-refractivity contribution is 7.99. The maximum absolute atomic E-state index is 12.8. The number of esters is 2. The number of nitrogens with zero attached hydrogens (tertiary/aromatic N) is 3. The summed E-state index contributed by atoms with van der Waals surface area (Å²) in [5.74, 6) is -1.41. The minimum Gasteiger partial charge on any atom is -0.464 e. The number of carbonyl (C=O) groups is 2. The van der Waals surface area contributed by atoms with Crippen LogP contribution in [0, 0.1) is 10.1 Å². The predicted molar refractivity (Wildman–Crippen MR) is 108 cm³/mol. The molecule has 2 aromatic carbocycles. The van der Waals surface area contributed by atoms with Gasteiger partial charge in [0.15, 0.2) is 11.4 Å². The largest absolute Gasteiger partial charge is 0.464 e. The van der Waals surface area contributed by atoms with Crippen LogP contribution in [0.4, 0.5) is 5.69 Å². The number of ether oxygens (including phenoxy) is 2. The summed E-state index contributed by atoms with van der Waals surface area (Å²) in [6, 6.07) is 14.6. The van der Waals surface area contributed by atoms with Crippen molar-refractivity contribution in [2.24, 2.45) is 0 Å². The van der Waals surface area contributed by atoms with Gasteiger partial charge in [-0.3, -0.25) is 10.1 Å². The van der Waals surface area contributed by atoms with Gasteiger partial charge >= 0.3 is 11.9 Å². The molecular formula is C20H17N3O6S. The molecule has 0 fully saturated rings. The Hall–Kier alpha value is -3.66. The minimum absolute atomic E-state index is 0.0277. The number of benzene rings is 2. The summed E-state index contributed by atoms with van der Waals surface area (Å²) >= 11 is 1.17. The molecule has 3 rings (SSSR count). The van der Waals surface area contributed by atoms with Crippen molar-refractivity contribution in [1.29, 1.82) is 0 Å². The molecule has 30 heavy (non-hydrogen) atoms. The molecule has 0 saturated carbocycles. The van der Waals surface area contributed by atoms with Crippen LogP contribution in [0.3, 0.4) is 0 Å². The second kappa shape index (κ2) is 9.23. The van der Waals surface area contributed by atoms with Gasteiger partial charge in [-0.05, 0) is 31.2 Å². The van der Waals surface area contributed by atoms with Crippen LogP contribution in [0.1, 0.15) is 27.9 Å². The lowest BCUT2D eigenvalue weighted by Gasteiger charge is -2.09. The number of hydrogen-bond acceptors (Lipinski definition) is 8. The summed E-state index contributed by atoms with van der Waals surface area (Å²) in [6.07, 6.45) is 0. The summed E-state index contributed by atoms with van der Waals surface area (Å²) in [4.78, 5) is 36.6. The van der Waals surface area contributed by atoms with E-state index >= 15 is 0 Å². The van der Waals surface area contributed by atoms with E-state index in [4.69, 9.17) is 9.47 Å². The molecule has 154 valence electrons. The lowest BCUT2D eigenvalue weighted by atomic mass is 10.2. The lowest BCUT2D eigenvalue weighted by molar-refractivity contribution is -0.384. The lowest BCUT2D eigenvalue weighted by Crippen LogP contribution is -2.13. The number of nitro groups is 1. The number of methoxy groups -OCH3 is 1. The van der Waals surface area contributed by atoms with E-state index in [1.807, 2.05) is 30.3 Å². The number of rotatable bonds is 7. The highest BCUT2D eigenvalue weighted by Crippen LogP contribution is 2.35. The third kappa shape index (κ3) is 4.33. The van der Waals surface area contributed by atoms with Gasteiger partial charge in [0.05, 0.1) is 29.2 Å². The monoisotopic (exact) mass is 427 g/mol. The molecule has 9 nitrogen and oxygen atoms in total. The molecule has 0 aliphatic carbocycles. The first kappa shape index (κ1) is 21.1. The molecule has 0 N–H and O–H groups in total. The van der Waals surface area contributed by atoms with Crippen molar-refractivity contribution in [2.75, 3.05) is 13.7 Å². The Morgan fingerprint density at radius 1 is 1.10 bits per heavy atom. The number of nitro benzene ring substituents is 1. The van der Waals surface area contributed by atoms with Crippen molar-refractivity contribution in [1.82, 2.24) is 9.78 Å². The molecule has 0 amide bonds. The van der Waals surface area contributed by atoms with Gasteiger partial charge in [0.25, 0.3) is 5.69 Å². The molecule has 0 radical (unpaired) electrons. The zero-order chi connectivity index (χ0) is 21.7. The molecular weight excluding hydrogens is 410 g/mol. The molecule has 10 heteroatoms. The fraction of sp³-hybridized carbons (Fsp3) is 0.150. The first-order chi connectivity index (χ1) is 14.5. The fourth-order valence-corrected chi connectivity index (χ4v) is 3.63. The van der Waals surface area contributed by atoms with Gasteiger partial charge in [0.2, 0.25) is 0 Å². The van der Waals surface area contributed by atoms with Crippen LogP contribution in [0.2, 0.25) is 0 Å². The molecule has 0 aliphatic heterocycles. The summed E-state index contributed by atoms with van der Waals surface area (Å²) < 4.78 is 11.3. The Morgan fingerprint density at radius 2 is 1.77 bits per heavy atom. The zero-order valence-electron chi connectivity index (χ0n) is 16.1. The first-order valence-electron chi connectivity index (χ1n) is 8.82. The van der Waals surface area contributed by atoms with Gasteiger partial charge in [-0.25, -0.2) is 14.3 Å². The van der Waals surface area contributed by atoms with Crippen molar-refractivity contribution in [3.05, 3.63) is 76.1 Å². The maximum Gasteiger partial charge on any atom is 0.359 e. The zero-order valence-corrected chi connectivity index (χ0v) is 16.9. The van der Waals surface area contributed by atoms with E-state index in [2.05, 4.69) is 5.10 Å². The first-order valence-corrected chi connectivity index (χ1v) is 9.64. The van der Waals surface area contributed by atoms with Crippen LogP contribution < -0.4 is 0 Å². The minimum atomic E-state index is -0.723. The molecule has 0 spiro atoms. The molecule has 3 aromatic rings. The van der Waals surface area contributed by atoms with E-state index in [0.29, 0.717) is 5.69 Å². The summed E-state index contributed by atoms with van der Waals surface area (Å²) in [6.45, 7) is 1.78. The van der Waals surface area contributed by atoms with E-state index in [9.17, 15) is 19.7 Å².